The maximum Gasteiger partial charge on any atom is 0.244 e. The van der Waals surface area contributed by atoms with E-state index in [2.05, 4.69) is 9.69 Å². The van der Waals surface area contributed by atoms with Crippen molar-refractivity contribution >= 4 is 23.1 Å². The molecular weight excluding hydrogens is 296 g/mol. The number of rotatable bonds is 6. The number of aliphatic hydroxyl groups is 1. The summed E-state index contributed by atoms with van der Waals surface area (Å²) in [6.07, 6.45) is 0. The first-order valence-electron chi connectivity index (χ1n) is 6.21. The number of nitrogens with zero attached hydrogens (tertiary/aromatic N) is 1. The number of nitrogens with one attached hydrogen (secondary N) is 1. The molecule has 0 bridgehead atoms. The highest BCUT2D eigenvalue weighted by molar-refractivity contribution is 7.06. The second-order valence-electron chi connectivity index (χ2n) is 4.67. The molecule has 0 saturated carbocycles. The van der Waals surface area contributed by atoms with Crippen LogP contribution in [0.3, 0.4) is 0 Å². The number of halogens is 1. The first-order chi connectivity index (χ1) is 9.54. The summed E-state index contributed by atoms with van der Waals surface area (Å²) in [6.45, 7) is 2.75. The van der Waals surface area contributed by atoms with Crippen molar-refractivity contribution in [1.82, 2.24) is 9.69 Å². The Hall–Kier alpha value is -1.14. The van der Waals surface area contributed by atoms with Crippen LogP contribution in [0.2, 0.25) is 5.02 Å². The van der Waals surface area contributed by atoms with E-state index in [9.17, 15) is 5.11 Å². The average molecular weight is 313 g/mol. The van der Waals surface area contributed by atoms with Crippen LogP contribution in [0.4, 0.5) is 0 Å². The minimum absolute atomic E-state index is 0.424. The highest BCUT2D eigenvalue weighted by atomic mass is 35.5. The maximum atomic E-state index is 10.5. The van der Waals surface area contributed by atoms with Gasteiger partial charge >= 0.3 is 0 Å². The third-order valence-electron chi connectivity index (χ3n) is 3.02. The molecule has 0 spiro atoms. The number of benzene rings is 1. The summed E-state index contributed by atoms with van der Waals surface area (Å²) in [5.74, 6) is 0.447. The third-order valence-corrected chi connectivity index (χ3v) is 4.34. The zero-order chi connectivity index (χ0) is 14.6. The van der Waals surface area contributed by atoms with Gasteiger partial charge in [-0.1, -0.05) is 41.9 Å². The molecule has 2 N–H and O–H groups in total. The van der Waals surface area contributed by atoms with Crippen molar-refractivity contribution in [3.8, 4) is 5.88 Å². The highest BCUT2D eigenvalue weighted by Gasteiger charge is 2.22. The van der Waals surface area contributed by atoms with Crippen LogP contribution < -0.4 is 10.1 Å². The monoisotopic (exact) mass is 312 g/mol. The van der Waals surface area contributed by atoms with Crippen LogP contribution in [0.5, 0.6) is 5.88 Å². The predicted molar refractivity (Wildman–Crippen MR) is 81.4 cm³/mol. The van der Waals surface area contributed by atoms with E-state index < -0.39 is 5.60 Å². The number of methoxy groups -OCH3 is 1. The zero-order valence-electron chi connectivity index (χ0n) is 11.4. The Labute approximate surface area is 127 Å². The molecule has 1 unspecified atom stereocenters. The summed E-state index contributed by atoms with van der Waals surface area (Å²) in [6, 6.07) is 9.56. The zero-order valence-corrected chi connectivity index (χ0v) is 13.0. The molecule has 4 nitrogen and oxygen atoms in total. The van der Waals surface area contributed by atoms with Crippen molar-refractivity contribution in [1.29, 1.82) is 0 Å². The molecule has 1 atom stereocenters. The van der Waals surface area contributed by atoms with E-state index in [-0.39, 0.29) is 0 Å². The summed E-state index contributed by atoms with van der Waals surface area (Å²) in [5.41, 5.74) is -0.0526. The molecule has 0 radical (unpaired) electrons. The second kappa shape index (κ2) is 6.54. The molecule has 0 aliphatic carbocycles. The van der Waals surface area contributed by atoms with Crippen LogP contribution in [0, 0.1) is 0 Å². The second-order valence-corrected chi connectivity index (χ2v) is 5.91. The Balaban J connectivity index is 1.94. The minimum atomic E-state index is -0.928. The van der Waals surface area contributed by atoms with Gasteiger partial charge in [-0.15, -0.1) is 0 Å². The van der Waals surface area contributed by atoms with Crippen molar-refractivity contribution in [2.45, 2.75) is 19.1 Å². The number of hydrogen-bond donors (Lipinski definition) is 2. The van der Waals surface area contributed by atoms with E-state index in [0.717, 1.165) is 10.4 Å². The smallest absolute Gasteiger partial charge is 0.244 e. The van der Waals surface area contributed by atoms with Crippen LogP contribution >= 0.6 is 23.1 Å². The van der Waals surface area contributed by atoms with Gasteiger partial charge in [-0.25, -0.2) is 0 Å². The summed E-state index contributed by atoms with van der Waals surface area (Å²) in [7, 11) is 1.54. The van der Waals surface area contributed by atoms with Gasteiger partial charge in [0.25, 0.3) is 0 Å². The minimum Gasteiger partial charge on any atom is -0.479 e. The van der Waals surface area contributed by atoms with Gasteiger partial charge in [-0.2, -0.15) is 4.37 Å². The molecule has 2 rings (SSSR count). The van der Waals surface area contributed by atoms with Crippen molar-refractivity contribution < 1.29 is 9.84 Å². The standard InChI is InChI=1S/C14H17ClN2O2S/c1-14(18,10-6-4-3-5-7-10)9-16-8-11-12(15)13(19-2)17-20-11/h3-7,16,18H,8-9H2,1-2H3. The van der Waals surface area contributed by atoms with E-state index in [1.807, 2.05) is 30.3 Å². The summed E-state index contributed by atoms with van der Waals surface area (Å²) >= 11 is 7.41. The van der Waals surface area contributed by atoms with Gasteiger partial charge in [0.1, 0.15) is 5.02 Å². The molecular formula is C14H17ClN2O2S. The largest absolute Gasteiger partial charge is 0.479 e. The fraction of sp³-hybridized carbons (Fsp3) is 0.357. The fourth-order valence-corrected chi connectivity index (χ4v) is 2.88. The van der Waals surface area contributed by atoms with Gasteiger partial charge in [0.2, 0.25) is 5.88 Å². The molecule has 20 heavy (non-hydrogen) atoms. The van der Waals surface area contributed by atoms with Gasteiger partial charge in [0, 0.05) is 13.1 Å². The van der Waals surface area contributed by atoms with E-state index >= 15 is 0 Å². The Bertz CT molecular complexity index is 558. The molecule has 0 aliphatic rings. The van der Waals surface area contributed by atoms with Crippen LogP contribution in [0.1, 0.15) is 17.4 Å². The van der Waals surface area contributed by atoms with E-state index in [1.165, 1.54) is 11.5 Å². The van der Waals surface area contributed by atoms with Crippen molar-refractivity contribution in [2.24, 2.45) is 0 Å². The number of aromatic nitrogens is 1. The lowest BCUT2D eigenvalue weighted by atomic mass is 9.96. The Morgan fingerprint density at radius 2 is 2.10 bits per heavy atom. The lowest BCUT2D eigenvalue weighted by molar-refractivity contribution is 0.0567. The van der Waals surface area contributed by atoms with Crippen LogP contribution in [-0.2, 0) is 12.1 Å². The van der Waals surface area contributed by atoms with E-state index in [1.54, 1.807) is 14.0 Å². The number of ether oxygens (including phenoxy) is 1. The molecule has 0 fully saturated rings. The maximum absolute atomic E-state index is 10.5. The third kappa shape index (κ3) is 3.49. The van der Waals surface area contributed by atoms with Gasteiger partial charge in [0.05, 0.1) is 17.6 Å². The topological polar surface area (TPSA) is 54.4 Å². The lowest BCUT2D eigenvalue weighted by Gasteiger charge is -2.24. The van der Waals surface area contributed by atoms with Crippen LogP contribution in [0.15, 0.2) is 30.3 Å². The molecule has 6 heteroatoms. The van der Waals surface area contributed by atoms with Crippen LogP contribution in [0.25, 0.3) is 0 Å². The molecule has 2 aromatic rings. The highest BCUT2D eigenvalue weighted by Crippen LogP contribution is 2.30. The molecule has 1 heterocycles. The van der Waals surface area contributed by atoms with E-state index in [4.69, 9.17) is 16.3 Å². The molecule has 0 amide bonds. The summed E-state index contributed by atoms with van der Waals surface area (Å²) in [5, 5.41) is 14.2. The summed E-state index contributed by atoms with van der Waals surface area (Å²) in [4.78, 5) is 0.896. The quantitative estimate of drug-likeness (QED) is 0.861. The molecule has 0 saturated heterocycles. The van der Waals surface area contributed by atoms with E-state index in [0.29, 0.717) is 24.0 Å². The Morgan fingerprint density at radius 3 is 2.70 bits per heavy atom. The Kier molecular flexibility index (Phi) is 4.99. The lowest BCUT2D eigenvalue weighted by Crippen LogP contribution is -2.35. The van der Waals surface area contributed by atoms with Crippen molar-refractivity contribution in [3.63, 3.8) is 0 Å². The number of hydrogen-bond acceptors (Lipinski definition) is 5. The first-order valence-corrected chi connectivity index (χ1v) is 7.36. The van der Waals surface area contributed by atoms with Crippen LogP contribution in [-0.4, -0.2) is 23.1 Å². The SMILES string of the molecule is COc1nsc(CNCC(C)(O)c2ccccc2)c1Cl. The van der Waals surface area contributed by atoms with Gasteiger partial charge < -0.3 is 15.2 Å². The van der Waals surface area contributed by atoms with Crippen molar-refractivity contribution in [2.75, 3.05) is 13.7 Å². The van der Waals surface area contributed by atoms with Gasteiger partial charge in [0.15, 0.2) is 0 Å². The molecule has 1 aromatic heterocycles. The molecule has 1 aromatic carbocycles. The first kappa shape index (κ1) is 15.3. The average Bonchev–Trinajstić information content (AvgIpc) is 2.80. The predicted octanol–water partition coefficient (Wildman–Crippen LogP) is 2.80. The normalized spacial score (nSPS) is 14.0. The summed E-state index contributed by atoms with van der Waals surface area (Å²) < 4.78 is 9.12. The van der Waals surface area contributed by atoms with Gasteiger partial charge in [-0.05, 0) is 24.0 Å². The van der Waals surface area contributed by atoms with Crippen molar-refractivity contribution in [3.05, 3.63) is 45.8 Å². The molecule has 108 valence electrons. The fourth-order valence-electron chi connectivity index (χ4n) is 1.85. The molecule has 0 aliphatic heterocycles. The van der Waals surface area contributed by atoms with Gasteiger partial charge in [-0.3, -0.25) is 0 Å². The Morgan fingerprint density at radius 1 is 1.40 bits per heavy atom.